The van der Waals surface area contributed by atoms with Crippen molar-refractivity contribution in [3.8, 4) is 0 Å². The second-order valence-electron chi connectivity index (χ2n) is 5.63. The highest BCUT2D eigenvalue weighted by Crippen LogP contribution is 2.07. The summed E-state index contributed by atoms with van der Waals surface area (Å²) in [6.07, 6.45) is 0.325. The van der Waals surface area contributed by atoms with Crippen LogP contribution >= 0.6 is 0 Å². The minimum Gasteiger partial charge on any atom is -0.374 e. The van der Waals surface area contributed by atoms with Crippen LogP contribution in [0.4, 0.5) is 0 Å². The van der Waals surface area contributed by atoms with Crippen LogP contribution in [0.15, 0.2) is 0 Å². The molecule has 95 valence electrons. The SMILES string of the molecule is CC(C)CN(CC(C)C)CC1C[N]CCO1. The Bertz CT molecular complexity index is 167. The third-order valence-electron chi connectivity index (χ3n) is 2.64. The van der Waals surface area contributed by atoms with Gasteiger partial charge in [-0.15, -0.1) is 0 Å². The van der Waals surface area contributed by atoms with E-state index in [1.165, 1.54) is 0 Å². The summed E-state index contributed by atoms with van der Waals surface area (Å²) >= 11 is 0. The molecule has 1 heterocycles. The average molecular weight is 227 g/mol. The van der Waals surface area contributed by atoms with Crippen LogP contribution in [0.3, 0.4) is 0 Å². The molecule has 1 radical (unpaired) electrons. The molecule has 0 aromatic carbocycles. The summed E-state index contributed by atoms with van der Waals surface area (Å²) in [6.45, 7) is 15.0. The average Bonchev–Trinajstić information content (AvgIpc) is 2.16. The fraction of sp³-hybridized carbons (Fsp3) is 1.00. The second kappa shape index (κ2) is 7.25. The van der Waals surface area contributed by atoms with Gasteiger partial charge in [0.05, 0.1) is 12.7 Å². The summed E-state index contributed by atoms with van der Waals surface area (Å²) in [4.78, 5) is 2.53. The van der Waals surface area contributed by atoms with E-state index in [1.807, 2.05) is 0 Å². The Morgan fingerprint density at radius 1 is 1.19 bits per heavy atom. The Kier molecular flexibility index (Phi) is 6.32. The number of hydrogen-bond acceptors (Lipinski definition) is 2. The standard InChI is InChI=1S/C13H27N2O/c1-11(2)8-15(9-12(3)4)10-13-7-14-5-6-16-13/h11-13H,5-10H2,1-4H3. The molecule has 0 saturated carbocycles. The molecular weight excluding hydrogens is 200 g/mol. The molecule has 1 aliphatic heterocycles. The van der Waals surface area contributed by atoms with Crippen molar-refractivity contribution < 1.29 is 4.74 Å². The Morgan fingerprint density at radius 3 is 2.25 bits per heavy atom. The molecule has 1 saturated heterocycles. The summed E-state index contributed by atoms with van der Waals surface area (Å²) in [7, 11) is 0. The van der Waals surface area contributed by atoms with E-state index in [9.17, 15) is 0 Å². The molecule has 0 N–H and O–H groups in total. The third kappa shape index (κ3) is 5.83. The van der Waals surface area contributed by atoms with Crippen molar-refractivity contribution in [3.05, 3.63) is 0 Å². The molecule has 0 aliphatic carbocycles. The highest BCUT2D eigenvalue weighted by Gasteiger charge is 2.19. The first kappa shape index (κ1) is 13.9. The lowest BCUT2D eigenvalue weighted by Gasteiger charge is -2.31. The first-order valence-electron chi connectivity index (χ1n) is 6.55. The Hall–Kier alpha value is -0.120. The van der Waals surface area contributed by atoms with Gasteiger partial charge in [-0.05, 0) is 11.8 Å². The van der Waals surface area contributed by atoms with Crippen molar-refractivity contribution in [2.24, 2.45) is 11.8 Å². The van der Waals surface area contributed by atoms with E-state index in [1.54, 1.807) is 0 Å². The van der Waals surface area contributed by atoms with E-state index in [2.05, 4.69) is 37.9 Å². The van der Waals surface area contributed by atoms with Crippen molar-refractivity contribution in [1.82, 2.24) is 10.2 Å². The lowest BCUT2D eigenvalue weighted by Crippen LogP contribution is -2.44. The topological polar surface area (TPSA) is 26.6 Å². The van der Waals surface area contributed by atoms with Crippen LogP contribution in [0, 0.1) is 11.8 Å². The number of rotatable bonds is 6. The van der Waals surface area contributed by atoms with Gasteiger partial charge in [0.2, 0.25) is 0 Å². The van der Waals surface area contributed by atoms with Gasteiger partial charge in [0.1, 0.15) is 0 Å². The van der Waals surface area contributed by atoms with Crippen LogP contribution in [0.1, 0.15) is 27.7 Å². The van der Waals surface area contributed by atoms with E-state index >= 15 is 0 Å². The molecule has 3 heteroatoms. The molecule has 3 nitrogen and oxygen atoms in total. The third-order valence-corrected chi connectivity index (χ3v) is 2.64. The van der Waals surface area contributed by atoms with Gasteiger partial charge < -0.3 is 9.64 Å². The molecule has 1 atom stereocenters. The highest BCUT2D eigenvalue weighted by atomic mass is 16.5. The quantitative estimate of drug-likeness (QED) is 0.689. The predicted molar refractivity (Wildman–Crippen MR) is 67.7 cm³/mol. The van der Waals surface area contributed by atoms with Crippen LogP contribution in [0.25, 0.3) is 0 Å². The van der Waals surface area contributed by atoms with Crippen molar-refractivity contribution in [3.63, 3.8) is 0 Å². The minimum absolute atomic E-state index is 0.325. The molecular formula is C13H27N2O. The Morgan fingerprint density at radius 2 is 1.81 bits per heavy atom. The molecule has 1 rings (SSSR count). The molecule has 1 aliphatic rings. The zero-order valence-electron chi connectivity index (χ0n) is 11.3. The first-order valence-corrected chi connectivity index (χ1v) is 6.55. The summed E-state index contributed by atoms with van der Waals surface area (Å²) in [6, 6.07) is 0. The summed E-state index contributed by atoms with van der Waals surface area (Å²) in [5.41, 5.74) is 0. The molecule has 1 unspecified atom stereocenters. The summed E-state index contributed by atoms with van der Waals surface area (Å²) in [5.74, 6) is 1.44. The lowest BCUT2D eigenvalue weighted by molar-refractivity contribution is 0.000254. The monoisotopic (exact) mass is 227 g/mol. The van der Waals surface area contributed by atoms with Gasteiger partial charge in [0.25, 0.3) is 0 Å². The van der Waals surface area contributed by atoms with E-state index in [-0.39, 0.29) is 0 Å². The van der Waals surface area contributed by atoms with Crippen LogP contribution in [0.2, 0.25) is 0 Å². The lowest BCUT2D eigenvalue weighted by atomic mass is 10.1. The largest absolute Gasteiger partial charge is 0.374 e. The fourth-order valence-corrected chi connectivity index (χ4v) is 2.23. The van der Waals surface area contributed by atoms with Gasteiger partial charge >= 0.3 is 0 Å². The highest BCUT2D eigenvalue weighted by molar-refractivity contribution is 4.73. The van der Waals surface area contributed by atoms with Gasteiger partial charge in [-0.3, -0.25) is 0 Å². The molecule has 0 aromatic heterocycles. The second-order valence-corrected chi connectivity index (χ2v) is 5.63. The van der Waals surface area contributed by atoms with Gasteiger partial charge in [-0.25, -0.2) is 5.32 Å². The van der Waals surface area contributed by atoms with Crippen LogP contribution < -0.4 is 5.32 Å². The zero-order chi connectivity index (χ0) is 12.0. The van der Waals surface area contributed by atoms with Gasteiger partial charge in [0.15, 0.2) is 0 Å². The van der Waals surface area contributed by atoms with Crippen molar-refractivity contribution in [2.75, 3.05) is 39.3 Å². The van der Waals surface area contributed by atoms with E-state index < -0.39 is 0 Å². The Balaban J connectivity index is 2.35. The normalized spacial score (nSPS) is 22.3. The number of morpholine rings is 1. The first-order chi connectivity index (χ1) is 7.58. The maximum Gasteiger partial charge on any atom is 0.0843 e. The minimum atomic E-state index is 0.325. The zero-order valence-corrected chi connectivity index (χ0v) is 11.3. The summed E-state index contributed by atoms with van der Waals surface area (Å²) < 4.78 is 5.74. The van der Waals surface area contributed by atoms with Crippen molar-refractivity contribution in [1.29, 1.82) is 0 Å². The predicted octanol–water partition coefficient (Wildman–Crippen LogP) is 1.60. The molecule has 0 aromatic rings. The maximum absolute atomic E-state index is 5.74. The molecule has 16 heavy (non-hydrogen) atoms. The molecule has 0 spiro atoms. The van der Waals surface area contributed by atoms with E-state index in [0.717, 1.165) is 51.2 Å². The Labute approximate surface area is 101 Å². The van der Waals surface area contributed by atoms with E-state index in [4.69, 9.17) is 4.74 Å². The van der Waals surface area contributed by atoms with Crippen LogP contribution in [-0.2, 0) is 4.74 Å². The molecule has 1 fully saturated rings. The smallest absolute Gasteiger partial charge is 0.0843 e. The van der Waals surface area contributed by atoms with Gasteiger partial charge in [-0.2, -0.15) is 0 Å². The van der Waals surface area contributed by atoms with Gasteiger partial charge in [-0.1, -0.05) is 27.7 Å². The number of hydrogen-bond donors (Lipinski definition) is 0. The van der Waals surface area contributed by atoms with E-state index in [0.29, 0.717) is 6.10 Å². The molecule has 0 bridgehead atoms. The maximum atomic E-state index is 5.74. The van der Waals surface area contributed by atoms with Gasteiger partial charge in [0, 0.05) is 32.7 Å². The van der Waals surface area contributed by atoms with Crippen molar-refractivity contribution >= 4 is 0 Å². The molecule has 0 amide bonds. The van der Waals surface area contributed by atoms with Crippen LogP contribution in [-0.4, -0.2) is 50.3 Å². The van der Waals surface area contributed by atoms with Crippen LogP contribution in [0.5, 0.6) is 0 Å². The number of ether oxygens (including phenoxy) is 1. The van der Waals surface area contributed by atoms with Crippen molar-refractivity contribution in [2.45, 2.75) is 33.8 Å². The fourth-order valence-electron chi connectivity index (χ4n) is 2.23. The summed E-state index contributed by atoms with van der Waals surface area (Å²) in [5, 5.41) is 4.42. The number of nitrogens with zero attached hydrogens (tertiary/aromatic N) is 2.